The third-order valence-electron chi connectivity index (χ3n) is 4.11. The van der Waals surface area contributed by atoms with Crippen LogP contribution < -0.4 is 5.32 Å². The van der Waals surface area contributed by atoms with Crippen LogP contribution in [0.4, 0.5) is 0 Å². The largest absolute Gasteiger partial charge is 0.429 e. The first kappa shape index (κ1) is 12.1. The molecule has 6 heteroatoms. The minimum absolute atomic E-state index is 0.0876. The summed E-state index contributed by atoms with van der Waals surface area (Å²) < 4.78 is 11.1. The lowest BCUT2D eigenvalue weighted by Gasteiger charge is -2.19. The number of oxazole rings is 1. The maximum absolute atomic E-state index is 12.3. The van der Waals surface area contributed by atoms with Gasteiger partial charge in [0, 0.05) is 5.56 Å². The number of carbonyl (C=O) groups excluding carboxylic acids is 1. The number of aromatic amines is 1. The number of H-pyrrole nitrogens is 1. The Kier molecular flexibility index (Phi) is 2.68. The van der Waals surface area contributed by atoms with Gasteiger partial charge in [-0.05, 0) is 49.7 Å². The quantitative estimate of drug-likeness (QED) is 0.834. The Morgan fingerprint density at radius 1 is 1.40 bits per heavy atom. The molecule has 4 rings (SSSR count). The predicted molar refractivity (Wildman–Crippen MR) is 75.2 cm³/mol. The number of carbonyl (C=O) groups is 1. The third kappa shape index (κ3) is 1.96. The van der Waals surface area contributed by atoms with Crippen molar-refractivity contribution in [2.45, 2.75) is 37.5 Å². The summed E-state index contributed by atoms with van der Waals surface area (Å²) in [4.78, 5) is 15.5. The van der Waals surface area contributed by atoms with E-state index >= 15 is 0 Å². The second kappa shape index (κ2) is 4.43. The Bertz CT molecular complexity index is 735. The van der Waals surface area contributed by atoms with Crippen LogP contribution in [-0.4, -0.2) is 29.1 Å². The lowest BCUT2D eigenvalue weighted by molar-refractivity contribution is 0.0841. The van der Waals surface area contributed by atoms with Gasteiger partial charge in [0.25, 0.3) is 10.7 Å². The Morgan fingerprint density at radius 2 is 2.30 bits per heavy atom. The van der Waals surface area contributed by atoms with Gasteiger partial charge in [0.05, 0.1) is 23.8 Å². The molecule has 0 aliphatic carbocycles. The zero-order valence-electron chi connectivity index (χ0n) is 10.7. The van der Waals surface area contributed by atoms with Gasteiger partial charge in [-0.3, -0.25) is 4.79 Å². The highest BCUT2D eigenvalue weighted by Gasteiger charge is 2.41. The monoisotopic (exact) mass is 290 g/mol. The summed E-state index contributed by atoms with van der Waals surface area (Å²) in [5.41, 5.74) is 1.99. The molecule has 0 spiro atoms. The molecular formula is C14H14N2O3S. The molecule has 1 amide bonds. The normalized spacial score (nSPS) is 28.1. The number of fused-ring (bicyclic) bond motifs is 3. The maximum Gasteiger partial charge on any atom is 0.266 e. The van der Waals surface area contributed by atoms with Crippen molar-refractivity contribution >= 4 is 29.2 Å². The SMILES string of the molecule is O=C(N[C@@H]1C[C@H]2CC[C@H]1O2)c1ccc2[nH]c(=S)oc2c1. The predicted octanol–water partition coefficient (Wildman–Crippen LogP) is 2.54. The molecule has 5 nitrogen and oxygen atoms in total. The Hall–Kier alpha value is -1.66. The van der Waals surface area contributed by atoms with Crippen LogP contribution in [0.2, 0.25) is 0 Å². The molecule has 3 atom stereocenters. The average Bonchev–Trinajstić information content (AvgIpc) is 3.10. The fourth-order valence-electron chi connectivity index (χ4n) is 3.13. The van der Waals surface area contributed by atoms with E-state index in [1.165, 1.54) is 0 Å². The minimum Gasteiger partial charge on any atom is -0.429 e. The van der Waals surface area contributed by atoms with Crippen LogP contribution in [0.5, 0.6) is 0 Å². The highest BCUT2D eigenvalue weighted by molar-refractivity contribution is 7.71. The number of amides is 1. The number of nitrogens with one attached hydrogen (secondary N) is 2. The molecular weight excluding hydrogens is 276 g/mol. The zero-order chi connectivity index (χ0) is 13.7. The summed E-state index contributed by atoms with van der Waals surface area (Å²) in [7, 11) is 0. The smallest absolute Gasteiger partial charge is 0.266 e. The van der Waals surface area contributed by atoms with Gasteiger partial charge in [0.15, 0.2) is 5.58 Å². The van der Waals surface area contributed by atoms with Crippen LogP contribution in [0.3, 0.4) is 0 Å². The van der Waals surface area contributed by atoms with Crippen molar-refractivity contribution in [3.8, 4) is 0 Å². The molecule has 2 aromatic rings. The maximum atomic E-state index is 12.3. The van der Waals surface area contributed by atoms with Gasteiger partial charge < -0.3 is 19.5 Å². The van der Waals surface area contributed by atoms with Gasteiger partial charge >= 0.3 is 0 Å². The Balaban J connectivity index is 1.56. The molecule has 0 unspecified atom stereocenters. The summed E-state index contributed by atoms with van der Waals surface area (Å²) in [5.74, 6) is -0.0876. The van der Waals surface area contributed by atoms with Gasteiger partial charge in [0.1, 0.15) is 0 Å². The first-order valence-corrected chi connectivity index (χ1v) is 7.19. The van der Waals surface area contributed by atoms with E-state index in [2.05, 4.69) is 10.3 Å². The number of rotatable bonds is 2. The summed E-state index contributed by atoms with van der Waals surface area (Å²) in [5, 5.41) is 3.06. The van der Waals surface area contributed by atoms with Gasteiger partial charge in [-0.1, -0.05) is 0 Å². The van der Waals surface area contributed by atoms with E-state index in [1.54, 1.807) is 18.2 Å². The molecule has 2 bridgehead atoms. The first-order valence-electron chi connectivity index (χ1n) is 6.78. The van der Waals surface area contributed by atoms with Crippen molar-refractivity contribution in [1.29, 1.82) is 0 Å². The van der Waals surface area contributed by atoms with Gasteiger partial charge in [-0.2, -0.15) is 0 Å². The molecule has 0 saturated carbocycles. The van der Waals surface area contributed by atoms with Crippen LogP contribution in [0.1, 0.15) is 29.6 Å². The van der Waals surface area contributed by atoms with Gasteiger partial charge in [0.2, 0.25) is 0 Å². The molecule has 2 aliphatic rings. The topological polar surface area (TPSA) is 67.3 Å². The van der Waals surface area contributed by atoms with E-state index in [0.29, 0.717) is 22.1 Å². The van der Waals surface area contributed by atoms with Crippen molar-refractivity contribution in [3.63, 3.8) is 0 Å². The first-order chi connectivity index (χ1) is 9.69. The van der Waals surface area contributed by atoms with Crippen molar-refractivity contribution in [3.05, 3.63) is 28.6 Å². The molecule has 20 heavy (non-hydrogen) atoms. The molecule has 2 fully saturated rings. The number of hydrogen-bond acceptors (Lipinski definition) is 4. The van der Waals surface area contributed by atoms with Crippen LogP contribution >= 0.6 is 12.2 Å². The van der Waals surface area contributed by atoms with E-state index in [4.69, 9.17) is 21.4 Å². The molecule has 104 valence electrons. The Labute approximate surface area is 120 Å². The summed E-state index contributed by atoms with van der Waals surface area (Å²) in [6.07, 6.45) is 3.59. The van der Waals surface area contributed by atoms with Gasteiger partial charge in [-0.15, -0.1) is 0 Å². The number of hydrogen-bond donors (Lipinski definition) is 2. The van der Waals surface area contributed by atoms with E-state index in [-0.39, 0.29) is 18.1 Å². The second-order valence-corrected chi connectivity index (χ2v) is 5.79. The van der Waals surface area contributed by atoms with E-state index in [9.17, 15) is 4.79 Å². The number of benzene rings is 1. The molecule has 1 aromatic heterocycles. The van der Waals surface area contributed by atoms with E-state index in [1.807, 2.05) is 0 Å². The lowest BCUT2D eigenvalue weighted by Crippen LogP contribution is -2.41. The van der Waals surface area contributed by atoms with Crippen LogP contribution in [0.15, 0.2) is 22.6 Å². The van der Waals surface area contributed by atoms with Crippen LogP contribution in [0.25, 0.3) is 11.1 Å². The molecule has 0 radical (unpaired) electrons. The highest BCUT2D eigenvalue weighted by Crippen LogP contribution is 2.34. The van der Waals surface area contributed by atoms with E-state index < -0.39 is 0 Å². The fraction of sp³-hybridized carbons (Fsp3) is 0.429. The van der Waals surface area contributed by atoms with Crippen molar-refractivity contribution in [1.82, 2.24) is 10.3 Å². The summed E-state index contributed by atoms with van der Waals surface area (Å²) in [6.45, 7) is 0. The molecule has 1 aromatic carbocycles. The molecule has 2 N–H and O–H groups in total. The summed E-state index contributed by atoms with van der Waals surface area (Å²) >= 11 is 4.93. The van der Waals surface area contributed by atoms with E-state index in [0.717, 1.165) is 24.8 Å². The number of aromatic nitrogens is 1. The van der Waals surface area contributed by atoms with Crippen molar-refractivity contribution < 1.29 is 13.9 Å². The second-order valence-electron chi connectivity index (χ2n) is 5.42. The highest BCUT2D eigenvalue weighted by atomic mass is 32.1. The Morgan fingerprint density at radius 3 is 3.05 bits per heavy atom. The summed E-state index contributed by atoms with van der Waals surface area (Å²) in [6, 6.07) is 5.42. The fourth-order valence-corrected chi connectivity index (χ4v) is 3.33. The minimum atomic E-state index is -0.0876. The zero-order valence-corrected chi connectivity index (χ0v) is 11.5. The standard InChI is InChI=1S/C14H14N2O3S/c17-13(15-10-6-8-2-4-11(10)18-8)7-1-3-9-12(5-7)19-14(20)16-9/h1,3,5,8,10-11H,2,4,6H2,(H,15,17)(H,16,20)/t8-,10-,11-/m1/s1. The van der Waals surface area contributed by atoms with Crippen molar-refractivity contribution in [2.24, 2.45) is 0 Å². The van der Waals surface area contributed by atoms with Crippen molar-refractivity contribution in [2.75, 3.05) is 0 Å². The average molecular weight is 290 g/mol. The van der Waals surface area contributed by atoms with Crippen LogP contribution in [0, 0.1) is 4.84 Å². The van der Waals surface area contributed by atoms with Crippen LogP contribution in [-0.2, 0) is 4.74 Å². The van der Waals surface area contributed by atoms with Gasteiger partial charge in [-0.25, -0.2) is 0 Å². The molecule has 2 aliphatic heterocycles. The lowest BCUT2D eigenvalue weighted by atomic mass is 9.95. The molecule has 2 saturated heterocycles. The third-order valence-corrected chi connectivity index (χ3v) is 4.29. The number of ether oxygens (including phenoxy) is 1. The molecule has 3 heterocycles.